The van der Waals surface area contributed by atoms with Crippen LogP contribution in [-0.4, -0.2) is 70.3 Å². The summed E-state index contributed by atoms with van der Waals surface area (Å²) in [6.07, 6.45) is 0. The van der Waals surface area contributed by atoms with Gasteiger partial charge in [0.1, 0.15) is 17.1 Å². The molecule has 2 aromatic rings. The molecule has 8 nitrogen and oxygen atoms in total. The van der Waals surface area contributed by atoms with Crippen LogP contribution in [-0.2, 0) is 4.74 Å². The fourth-order valence-corrected chi connectivity index (χ4v) is 4.09. The van der Waals surface area contributed by atoms with Crippen molar-refractivity contribution in [3.05, 3.63) is 57.1 Å². The Morgan fingerprint density at radius 1 is 1.09 bits per heavy atom. The highest BCUT2D eigenvalue weighted by molar-refractivity contribution is 9.10. The van der Waals surface area contributed by atoms with Gasteiger partial charge in [-0.25, -0.2) is 14.8 Å². The van der Waals surface area contributed by atoms with E-state index in [2.05, 4.69) is 25.9 Å². The number of hydrogen-bond donors (Lipinski definition) is 0. The first-order chi connectivity index (χ1) is 15.1. The number of nitrogens with zero attached hydrogens (tertiary/aromatic N) is 4. The lowest BCUT2D eigenvalue weighted by molar-refractivity contribution is 0.0408. The van der Waals surface area contributed by atoms with Gasteiger partial charge in [-0.3, -0.25) is 9.59 Å². The van der Waals surface area contributed by atoms with E-state index in [0.717, 1.165) is 4.47 Å². The Balaban J connectivity index is 1.85. The van der Waals surface area contributed by atoms with Gasteiger partial charge in [0.15, 0.2) is 0 Å². The first-order valence-corrected chi connectivity index (χ1v) is 11.3. The quantitative estimate of drug-likeness (QED) is 0.594. The van der Waals surface area contributed by atoms with Crippen LogP contribution < -0.4 is 0 Å². The number of aryl methyl sites for hydroxylation is 1. The Morgan fingerprint density at radius 2 is 1.75 bits per heavy atom. The van der Waals surface area contributed by atoms with E-state index in [9.17, 15) is 14.4 Å². The van der Waals surface area contributed by atoms with Crippen LogP contribution in [0.1, 0.15) is 69.4 Å². The fraction of sp³-hybridized carbons (Fsp3) is 0.435. The van der Waals surface area contributed by atoms with Crippen molar-refractivity contribution in [3.8, 4) is 0 Å². The second-order valence-corrected chi connectivity index (χ2v) is 9.05. The minimum atomic E-state index is -0.630. The van der Waals surface area contributed by atoms with Crippen molar-refractivity contribution in [2.45, 2.75) is 39.7 Å². The topological polar surface area (TPSA) is 92.7 Å². The van der Waals surface area contributed by atoms with Crippen LogP contribution in [0.15, 0.2) is 28.7 Å². The van der Waals surface area contributed by atoms with Gasteiger partial charge < -0.3 is 14.5 Å². The molecule has 9 heteroatoms. The van der Waals surface area contributed by atoms with Crippen LogP contribution in [0.3, 0.4) is 0 Å². The second-order valence-electron chi connectivity index (χ2n) is 8.13. The molecule has 170 valence electrons. The van der Waals surface area contributed by atoms with Crippen molar-refractivity contribution in [1.29, 1.82) is 0 Å². The van der Waals surface area contributed by atoms with E-state index in [4.69, 9.17) is 4.74 Å². The maximum atomic E-state index is 13.4. The van der Waals surface area contributed by atoms with Gasteiger partial charge >= 0.3 is 5.97 Å². The van der Waals surface area contributed by atoms with Crippen LogP contribution in [0, 0.1) is 6.92 Å². The summed E-state index contributed by atoms with van der Waals surface area (Å²) in [5.41, 5.74) is 1.25. The van der Waals surface area contributed by atoms with E-state index < -0.39 is 5.97 Å². The van der Waals surface area contributed by atoms with E-state index in [-0.39, 0.29) is 35.0 Å². The summed E-state index contributed by atoms with van der Waals surface area (Å²) in [4.78, 5) is 51.0. The lowest BCUT2D eigenvalue weighted by Gasteiger charge is -2.40. The average Bonchev–Trinajstić information content (AvgIpc) is 2.77. The molecule has 1 fully saturated rings. The van der Waals surface area contributed by atoms with Gasteiger partial charge in [-0.2, -0.15) is 0 Å². The van der Waals surface area contributed by atoms with Gasteiger partial charge in [0, 0.05) is 35.7 Å². The van der Waals surface area contributed by atoms with Gasteiger partial charge in [-0.15, -0.1) is 0 Å². The standard InChI is InChI=1S/C23H27BrN4O4/c1-13(2)19-18(23(31)32-5)20(26-15(4)25-19)22(30)27-10-11-28(14(3)12-27)21(29)16-6-8-17(24)9-7-16/h6-9,13-14H,10-12H2,1-5H3. The van der Waals surface area contributed by atoms with E-state index >= 15 is 0 Å². The summed E-state index contributed by atoms with van der Waals surface area (Å²) in [5.74, 6) is -0.736. The van der Waals surface area contributed by atoms with E-state index in [1.807, 2.05) is 32.9 Å². The summed E-state index contributed by atoms with van der Waals surface area (Å²) in [5, 5.41) is 0. The van der Waals surface area contributed by atoms with Crippen molar-refractivity contribution in [3.63, 3.8) is 0 Å². The molecule has 1 aliphatic heterocycles. The number of ether oxygens (including phenoxy) is 1. The Morgan fingerprint density at radius 3 is 2.31 bits per heavy atom. The van der Waals surface area contributed by atoms with Gasteiger partial charge in [0.2, 0.25) is 0 Å². The molecule has 2 amide bonds. The van der Waals surface area contributed by atoms with E-state index in [0.29, 0.717) is 36.7 Å². The number of methoxy groups -OCH3 is 1. The zero-order valence-electron chi connectivity index (χ0n) is 18.9. The highest BCUT2D eigenvalue weighted by Crippen LogP contribution is 2.24. The maximum absolute atomic E-state index is 13.4. The Labute approximate surface area is 196 Å². The average molecular weight is 503 g/mol. The second kappa shape index (κ2) is 9.77. The van der Waals surface area contributed by atoms with Crippen LogP contribution in [0.2, 0.25) is 0 Å². The fourth-order valence-electron chi connectivity index (χ4n) is 3.82. The molecular weight excluding hydrogens is 476 g/mol. The molecule has 1 unspecified atom stereocenters. The number of carbonyl (C=O) groups is 3. The van der Waals surface area contributed by atoms with Crippen LogP contribution in [0.25, 0.3) is 0 Å². The zero-order chi connectivity index (χ0) is 23.6. The summed E-state index contributed by atoms with van der Waals surface area (Å²) >= 11 is 3.38. The number of piperazine rings is 1. The third-order valence-corrected chi connectivity index (χ3v) is 5.98. The zero-order valence-corrected chi connectivity index (χ0v) is 20.5. The third kappa shape index (κ3) is 4.82. The molecule has 0 spiro atoms. The number of aromatic nitrogens is 2. The molecule has 0 N–H and O–H groups in total. The smallest absolute Gasteiger partial charge is 0.342 e. The minimum Gasteiger partial charge on any atom is -0.465 e. The maximum Gasteiger partial charge on any atom is 0.342 e. The molecule has 0 radical (unpaired) electrons. The van der Waals surface area contributed by atoms with Crippen molar-refractivity contribution < 1.29 is 19.1 Å². The molecule has 2 heterocycles. The number of rotatable bonds is 4. The molecule has 1 aliphatic rings. The predicted molar refractivity (Wildman–Crippen MR) is 123 cm³/mol. The molecule has 0 saturated carbocycles. The third-order valence-electron chi connectivity index (χ3n) is 5.45. The van der Waals surface area contributed by atoms with Gasteiger partial charge in [0.05, 0.1) is 12.8 Å². The highest BCUT2D eigenvalue weighted by atomic mass is 79.9. The minimum absolute atomic E-state index is 0.0490. The molecule has 3 rings (SSSR count). The Bertz CT molecular complexity index is 1040. The molecule has 0 bridgehead atoms. The molecule has 1 aromatic carbocycles. The van der Waals surface area contributed by atoms with Crippen LogP contribution in [0.5, 0.6) is 0 Å². The van der Waals surface area contributed by atoms with Gasteiger partial charge in [0.25, 0.3) is 11.8 Å². The first kappa shape index (κ1) is 23.8. The van der Waals surface area contributed by atoms with Crippen LogP contribution in [0.4, 0.5) is 0 Å². The highest BCUT2D eigenvalue weighted by Gasteiger charge is 2.34. The molecule has 1 aromatic heterocycles. The lowest BCUT2D eigenvalue weighted by atomic mass is 10.0. The van der Waals surface area contributed by atoms with Crippen molar-refractivity contribution >= 4 is 33.7 Å². The van der Waals surface area contributed by atoms with Crippen molar-refractivity contribution in [2.75, 3.05) is 26.7 Å². The van der Waals surface area contributed by atoms with Crippen molar-refractivity contribution in [2.24, 2.45) is 0 Å². The normalized spacial score (nSPS) is 16.3. The van der Waals surface area contributed by atoms with Gasteiger partial charge in [-0.1, -0.05) is 29.8 Å². The predicted octanol–water partition coefficient (Wildman–Crippen LogP) is 3.44. The summed E-state index contributed by atoms with van der Waals surface area (Å²) in [6.45, 7) is 8.46. The number of hydrogen-bond acceptors (Lipinski definition) is 6. The summed E-state index contributed by atoms with van der Waals surface area (Å²) < 4.78 is 5.83. The number of halogens is 1. The molecule has 0 aliphatic carbocycles. The molecule has 1 saturated heterocycles. The molecule has 1 atom stereocenters. The Kier molecular flexibility index (Phi) is 7.28. The van der Waals surface area contributed by atoms with Crippen molar-refractivity contribution in [1.82, 2.24) is 19.8 Å². The molecule has 32 heavy (non-hydrogen) atoms. The lowest BCUT2D eigenvalue weighted by Crippen LogP contribution is -2.55. The van der Waals surface area contributed by atoms with E-state index in [1.54, 1.807) is 28.9 Å². The Hall–Kier alpha value is -2.81. The summed E-state index contributed by atoms with van der Waals surface area (Å²) in [7, 11) is 1.27. The monoisotopic (exact) mass is 502 g/mol. The van der Waals surface area contributed by atoms with Crippen LogP contribution >= 0.6 is 15.9 Å². The summed E-state index contributed by atoms with van der Waals surface area (Å²) in [6, 6.07) is 7.01. The largest absolute Gasteiger partial charge is 0.465 e. The van der Waals surface area contributed by atoms with Gasteiger partial charge in [-0.05, 0) is 44.0 Å². The molecular formula is C23H27BrN4O4. The SMILES string of the molecule is COC(=O)c1c(C(=O)N2CCN(C(=O)c3ccc(Br)cc3)C(C)C2)nc(C)nc1C(C)C. The number of benzene rings is 1. The van der Waals surface area contributed by atoms with E-state index in [1.165, 1.54) is 7.11 Å². The number of esters is 1. The number of amides is 2. The number of carbonyl (C=O) groups excluding carboxylic acids is 3. The first-order valence-electron chi connectivity index (χ1n) is 10.5.